The zero-order valence-corrected chi connectivity index (χ0v) is 27.5. The van der Waals surface area contributed by atoms with Crippen molar-refractivity contribution >= 4 is 46.7 Å². The summed E-state index contributed by atoms with van der Waals surface area (Å²) in [6, 6.07) is 14.2. The highest BCUT2D eigenvalue weighted by Gasteiger charge is 2.51. The number of alkyl halides is 1. The molecule has 4 aliphatic heterocycles. The number of rotatable bonds is 5. The molecule has 4 fully saturated rings. The average molecular weight is 631 g/mol. The van der Waals surface area contributed by atoms with Gasteiger partial charge in [0, 0.05) is 63.3 Å². The zero-order chi connectivity index (χ0) is 32.4. The number of anilines is 2. The fourth-order valence-electron chi connectivity index (χ4n) is 7.46. The largest absolute Gasteiger partial charge is 0.494 e. The number of piperazine rings is 1. The lowest BCUT2D eigenvalue weighted by atomic mass is 9.79. The van der Waals surface area contributed by atoms with Gasteiger partial charge in [0.2, 0.25) is 11.8 Å². The Kier molecular flexibility index (Phi) is 7.88. The quantitative estimate of drug-likeness (QED) is 0.340. The maximum atomic E-state index is 15.8. The van der Waals surface area contributed by atoms with Crippen LogP contribution in [0.25, 0.3) is 10.9 Å². The molecule has 2 amide bonds. The summed E-state index contributed by atoms with van der Waals surface area (Å²) in [5, 5.41) is 8.16. The lowest BCUT2D eigenvalue weighted by molar-refractivity contribution is -0.134. The van der Waals surface area contributed by atoms with Gasteiger partial charge in [0.1, 0.15) is 6.17 Å². The van der Waals surface area contributed by atoms with Crippen LogP contribution in [0.5, 0.6) is 0 Å². The Morgan fingerprint density at radius 3 is 2.26 bits per heavy atom. The van der Waals surface area contributed by atoms with E-state index in [0.717, 1.165) is 72.6 Å². The first-order valence-electron chi connectivity index (χ1n) is 16.5. The van der Waals surface area contributed by atoms with Crippen molar-refractivity contribution in [3.8, 4) is 0 Å². The molecule has 4 aliphatic rings. The maximum absolute atomic E-state index is 15.8. The smallest absolute Gasteiger partial charge is 0.399 e. The van der Waals surface area contributed by atoms with Crippen molar-refractivity contribution in [2.75, 3.05) is 49.1 Å². The van der Waals surface area contributed by atoms with Crippen molar-refractivity contribution in [3.05, 3.63) is 48.2 Å². The first kappa shape index (κ1) is 31.1. The van der Waals surface area contributed by atoms with Gasteiger partial charge >= 0.3 is 7.12 Å². The molecule has 7 rings (SSSR count). The number of piperidine rings is 2. The molecule has 10 nitrogen and oxygen atoms in total. The number of nitrogens with one attached hydrogen (secondary N) is 1. The number of imide groups is 1. The number of para-hydroxylation sites is 1. The van der Waals surface area contributed by atoms with Gasteiger partial charge in [-0.25, -0.2) is 4.39 Å². The Morgan fingerprint density at radius 2 is 1.61 bits per heavy atom. The lowest BCUT2D eigenvalue weighted by Crippen LogP contribution is -2.58. The Labute approximate surface area is 270 Å². The van der Waals surface area contributed by atoms with Gasteiger partial charge in [0.25, 0.3) is 0 Å². The van der Waals surface area contributed by atoms with Crippen LogP contribution >= 0.6 is 0 Å². The standard InChI is InChI=1S/C34H44BFN6O4/c1-33(2)34(3,4)46-35(45-33)22-9-11-23(12-10-22)42-16-15-27(26(36)21-42)40-17-19-41(20-18-40)28-8-6-7-24-30(38-39(5)31(24)28)25-13-14-29(43)37-32(25)44/h6-12,25-27H,13-21H2,1-5H3,(H,37,43,44)/t25?,26-,27+/m0/s1. The normalized spacial score (nSPS) is 27.0. The molecular weight excluding hydrogens is 586 g/mol. The predicted octanol–water partition coefficient (Wildman–Crippen LogP) is 3.13. The van der Waals surface area contributed by atoms with E-state index in [9.17, 15) is 9.59 Å². The first-order valence-corrected chi connectivity index (χ1v) is 16.5. The number of hydrogen-bond donors (Lipinski definition) is 1. The Hall–Kier alpha value is -3.48. The predicted molar refractivity (Wildman–Crippen MR) is 177 cm³/mol. The van der Waals surface area contributed by atoms with E-state index in [-0.39, 0.29) is 17.9 Å². The van der Waals surface area contributed by atoms with Gasteiger partial charge in [-0.1, -0.05) is 24.3 Å². The number of hydrogen-bond acceptors (Lipinski definition) is 8. The third-order valence-corrected chi connectivity index (χ3v) is 10.9. The average Bonchev–Trinajstić information content (AvgIpc) is 3.48. The van der Waals surface area contributed by atoms with Gasteiger partial charge in [-0.3, -0.25) is 24.5 Å². The molecule has 1 unspecified atom stereocenters. The Morgan fingerprint density at radius 1 is 0.913 bits per heavy atom. The highest BCUT2D eigenvalue weighted by Crippen LogP contribution is 2.37. The van der Waals surface area contributed by atoms with Crippen molar-refractivity contribution < 1.29 is 23.3 Å². The van der Waals surface area contributed by atoms with Gasteiger partial charge in [0.15, 0.2) is 0 Å². The highest BCUT2D eigenvalue weighted by atomic mass is 19.1. The summed E-state index contributed by atoms with van der Waals surface area (Å²) in [6.45, 7) is 12.5. The van der Waals surface area contributed by atoms with Crippen LogP contribution in [-0.4, -0.2) is 96.3 Å². The van der Waals surface area contributed by atoms with Crippen molar-refractivity contribution in [3.63, 3.8) is 0 Å². The summed E-state index contributed by atoms with van der Waals surface area (Å²) in [5.74, 6) is -0.941. The highest BCUT2D eigenvalue weighted by molar-refractivity contribution is 6.62. The lowest BCUT2D eigenvalue weighted by Gasteiger charge is -2.45. The Balaban J connectivity index is 0.974. The molecule has 12 heteroatoms. The number of aromatic nitrogens is 2. The van der Waals surface area contributed by atoms with Crippen LogP contribution in [0.2, 0.25) is 0 Å². The first-order chi connectivity index (χ1) is 21.9. The number of halogens is 1. The molecule has 5 heterocycles. The second-order valence-corrected chi connectivity index (χ2v) is 14.2. The Bertz CT molecular complexity index is 1620. The van der Waals surface area contributed by atoms with Crippen molar-refractivity contribution in [2.45, 2.75) is 76.3 Å². The number of amides is 2. The number of carbonyl (C=O) groups is 2. The molecule has 244 valence electrons. The van der Waals surface area contributed by atoms with E-state index in [1.165, 1.54) is 0 Å². The van der Waals surface area contributed by atoms with E-state index < -0.39 is 30.4 Å². The number of aryl methyl sites for hydroxylation is 1. The molecule has 2 aromatic carbocycles. The molecular formula is C34H44BFN6O4. The summed E-state index contributed by atoms with van der Waals surface area (Å²) in [4.78, 5) is 31.1. The summed E-state index contributed by atoms with van der Waals surface area (Å²) in [6.07, 6.45) is 0.613. The van der Waals surface area contributed by atoms with Crippen molar-refractivity contribution in [1.29, 1.82) is 0 Å². The number of fused-ring (bicyclic) bond motifs is 1. The van der Waals surface area contributed by atoms with E-state index in [4.69, 9.17) is 14.4 Å². The third kappa shape index (κ3) is 5.48. The molecule has 0 bridgehead atoms. The van der Waals surface area contributed by atoms with Crippen LogP contribution in [0, 0.1) is 0 Å². The van der Waals surface area contributed by atoms with Crippen LogP contribution in [0.15, 0.2) is 42.5 Å². The zero-order valence-electron chi connectivity index (χ0n) is 27.5. The summed E-state index contributed by atoms with van der Waals surface area (Å²) >= 11 is 0. The fraction of sp³-hybridized carbons (Fsp3) is 0.559. The number of nitrogens with zero attached hydrogens (tertiary/aromatic N) is 5. The molecule has 3 aromatic rings. The fourth-order valence-corrected chi connectivity index (χ4v) is 7.46. The monoisotopic (exact) mass is 630 g/mol. The van der Waals surface area contributed by atoms with E-state index in [2.05, 4.69) is 65.9 Å². The van der Waals surface area contributed by atoms with Gasteiger partial charge in [-0.05, 0) is 64.2 Å². The topological polar surface area (TPSA) is 92.2 Å². The molecule has 0 spiro atoms. The minimum absolute atomic E-state index is 0.103. The van der Waals surface area contributed by atoms with E-state index in [0.29, 0.717) is 19.4 Å². The molecule has 1 aromatic heterocycles. The van der Waals surface area contributed by atoms with E-state index >= 15 is 4.39 Å². The van der Waals surface area contributed by atoms with E-state index in [1.54, 1.807) is 0 Å². The van der Waals surface area contributed by atoms with Gasteiger partial charge in [-0.2, -0.15) is 5.10 Å². The van der Waals surface area contributed by atoms with Gasteiger partial charge < -0.3 is 19.1 Å². The SMILES string of the molecule is Cn1nc(C2CCC(=O)NC2=O)c2cccc(N3CCN([C@@H]4CCN(c5ccc(B6OC(C)(C)C(C)(C)O6)cc5)C[C@@H]4F)CC3)c21. The summed E-state index contributed by atoms with van der Waals surface area (Å²) < 4.78 is 30.0. The minimum atomic E-state index is -0.945. The minimum Gasteiger partial charge on any atom is -0.399 e. The van der Waals surface area contributed by atoms with Crippen LogP contribution in [-0.2, 0) is 25.9 Å². The number of carbonyl (C=O) groups excluding carboxylic acids is 2. The molecule has 3 atom stereocenters. The van der Waals surface area contributed by atoms with Crippen LogP contribution < -0.4 is 20.6 Å². The van der Waals surface area contributed by atoms with Crippen LogP contribution in [0.1, 0.15) is 58.6 Å². The third-order valence-electron chi connectivity index (χ3n) is 10.9. The van der Waals surface area contributed by atoms with Gasteiger partial charge in [-0.15, -0.1) is 0 Å². The van der Waals surface area contributed by atoms with E-state index in [1.807, 2.05) is 36.0 Å². The van der Waals surface area contributed by atoms with Crippen LogP contribution in [0.3, 0.4) is 0 Å². The van der Waals surface area contributed by atoms with Gasteiger partial charge in [0.05, 0.1) is 40.6 Å². The van der Waals surface area contributed by atoms with Crippen LogP contribution in [0.4, 0.5) is 15.8 Å². The molecule has 0 aliphatic carbocycles. The maximum Gasteiger partial charge on any atom is 0.494 e. The van der Waals surface area contributed by atoms with Crippen molar-refractivity contribution in [1.82, 2.24) is 20.0 Å². The second kappa shape index (κ2) is 11.6. The summed E-state index contributed by atoms with van der Waals surface area (Å²) in [7, 11) is 1.50. The molecule has 4 saturated heterocycles. The summed E-state index contributed by atoms with van der Waals surface area (Å²) in [5.41, 5.74) is 3.99. The second-order valence-electron chi connectivity index (χ2n) is 14.2. The molecule has 0 radical (unpaired) electrons. The number of benzene rings is 2. The molecule has 46 heavy (non-hydrogen) atoms. The van der Waals surface area contributed by atoms with Crippen molar-refractivity contribution in [2.24, 2.45) is 7.05 Å². The molecule has 1 N–H and O–H groups in total. The molecule has 0 saturated carbocycles.